The van der Waals surface area contributed by atoms with Crippen LogP contribution in [-0.2, 0) is 0 Å². The third-order valence-corrected chi connectivity index (χ3v) is 2.85. The van der Waals surface area contributed by atoms with E-state index in [-0.39, 0.29) is 5.58 Å². The van der Waals surface area contributed by atoms with Gasteiger partial charge in [-0.25, -0.2) is 4.39 Å². The molecule has 0 atom stereocenters. The molecule has 0 aliphatic heterocycles. The molecule has 0 saturated carbocycles. The molecular weight excluding hydrogens is 231 g/mol. The molecule has 0 amide bonds. The number of rotatable bonds is 2. The highest BCUT2D eigenvalue weighted by Gasteiger charge is 2.11. The van der Waals surface area contributed by atoms with Gasteiger partial charge in [-0.3, -0.25) is 4.79 Å². The number of halogens is 1. The highest BCUT2D eigenvalue weighted by atomic mass is 19.1. The van der Waals surface area contributed by atoms with Crippen molar-refractivity contribution in [2.24, 2.45) is 0 Å². The van der Waals surface area contributed by atoms with Gasteiger partial charge in [-0.05, 0) is 12.1 Å². The average Bonchev–Trinajstić information content (AvgIpc) is 2.84. The van der Waals surface area contributed by atoms with Crippen LogP contribution in [0.1, 0.15) is 10.4 Å². The first-order valence-corrected chi connectivity index (χ1v) is 5.52. The van der Waals surface area contributed by atoms with Crippen molar-refractivity contribution in [2.75, 3.05) is 0 Å². The fraction of sp³-hybridized carbons (Fsp3) is 0. The molecule has 1 aromatic heterocycles. The largest absolute Gasteiger partial charge is 0.453 e. The van der Waals surface area contributed by atoms with E-state index < -0.39 is 5.82 Å². The molecule has 0 bridgehead atoms. The Morgan fingerprint density at radius 2 is 1.89 bits per heavy atom. The molecule has 1 heterocycles. The number of hydrogen-bond acceptors (Lipinski definition) is 2. The zero-order chi connectivity index (χ0) is 12.5. The van der Waals surface area contributed by atoms with Crippen LogP contribution in [0.2, 0.25) is 0 Å². The Morgan fingerprint density at radius 1 is 1.06 bits per heavy atom. The number of benzene rings is 2. The van der Waals surface area contributed by atoms with Gasteiger partial charge >= 0.3 is 0 Å². The van der Waals surface area contributed by atoms with Gasteiger partial charge in [0.15, 0.2) is 17.7 Å². The normalized spacial score (nSPS) is 10.7. The molecule has 0 aliphatic rings. The summed E-state index contributed by atoms with van der Waals surface area (Å²) in [5, 5.41) is 0.686. The second-order valence-corrected chi connectivity index (χ2v) is 3.97. The third-order valence-electron chi connectivity index (χ3n) is 2.85. The fourth-order valence-electron chi connectivity index (χ4n) is 1.98. The van der Waals surface area contributed by atoms with Gasteiger partial charge in [0.25, 0.3) is 0 Å². The summed E-state index contributed by atoms with van der Waals surface area (Å²) >= 11 is 0. The second kappa shape index (κ2) is 4.11. The van der Waals surface area contributed by atoms with E-state index in [1.807, 2.05) is 6.07 Å². The Balaban J connectivity index is 2.26. The number of furan rings is 1. The Kier molecular flexibility index (Phi) is 2.45. The van der Waals surface area contributed by atoms with E-state index in [0.717, 1.165) is 6.29 Å². The summed E-state index contributed by atoms with van der Waals surface area (Å²) in [4.78, 5) is 11.0. The predicted octanol–water partition coefficient (Wildman–Crippen LogP) is 4.05. The summed E-state index contributed by atoms with van der Waals surface area (Å²) < 4.78 is 19.0. The van der Waals surface area contributed by atoms with E-state index in [0.29, 0.717) is 22.3 Å². The van der Waals surface area contributed by atoms with E-state index in [4.69, 9.17) is 4.42 Å². The van der Waals surface area contributed by atoms with Crippen molar-refractivity contribution < 1.29 is 13.6 Å². The maximum absolute atomic E-state index is 13.5. The minimum absolute atomic E-state index is 0.216. The van der Waals surface area contributed by atoms with Crippen LogP contribution >= 0.6 is 0 Å². The molecule has 3 aromatic rings. The quantitative estimate of drug-likeness (QED) is 0.632. The van der Waals surface area contributed by atoms with Gasteiger partial charge in [0.2, 0.25) is 0 Å². The minimum Gasteiger partial charge on any atom is -0.453 e. The third kappa shape index (κ3) is 1.61. The van der Waals surface area contributed by atoms with Crippen LogP contribution in [0.3, 0.4) is 0 Å². The first-order valence-electron chi connectivity index (χ1n) is 5.52. The van der Waals surface area contributed by atoms with Crippen LogP contribution in [0, 0.1) is 5.82 Å². The lowest BCUT2D eigenvalue weighted by atomic mass is 10.1. The molecule has 18 heavy (non-hydrogen) atoms. The Bertz CT molecular complexity index is 728. The monoisotopic (exact) mass is 240 g/mol. The molecule has 0 N–H and O–H groups in total. The zero-order valence-corrected chi connectivity index (χ0v) is 9.39. The topological polar surface area (TPSA) is 30.2 Å². The molecule has 0 fully saturated rings. The van der Waals surface area contributed by atoms with Crippen LogP contribution in [0.4, 0.5) is 4.39 Å². The standard InChI is InChI=1S/C15H9FO2/c16-13-7-3-5-10-8-14(18-15(10)13)12-6-2-1-4-11(12)9-17/h1-9H. The fourth-order valence-corrected chi connectivity index (χ4v) is 1.98. The lowest BCUT2D eigenvalue weighted by molar-refractivity contribution is 0.112. The number of fused-ring (bicyclic) bond motifs is 1. The summed E-state index contributed by atoms with van der Waals surface area (Å²) in [5.74, 6) is 0.0973. The van der Waals surface area contributed by atoms with Crippen LogP contribution in [0.15, 0.2) is 52.9 Å². The number of aldehydes is 1. The van der Waals surface area contributed by atoms with Crippen molar-refractivity contribution >= 4 is 17.3 Å². The first kappa shape index (κ1) is 10.7. The highest BCUT2D eigenvalue weighted by molar-refractivity contribution is 5.90. The number of para-hydroxylation sites is 1. The molecule has 0 aliphatic carbocycles. The van der Waals surface area contributed by atoms with E-state index in [9.17, 15) is 9.18 Å². The van der Waals surface area contributed by atoms with Gasteiger partial charge in [0, 0.05) is 16.5 Å². The van der Waals surface area contributed by atoms with E-state index >= 15 is 0 Å². The molecule has 2 aromatic carbocycles. The number of carbonyl (C=O) groups is 1. The number of hydrogen-bond donors (Lipinski definition) is 0. The molecule has 0 unspecified atom stereocenters. The average molecular weight is 240 g/mol. The summed E-state index contributed by atoms with van der Waals surface area (Å²) in [7, 11) is 0. The van der Waals surface area contributed by atoms with Gasteiger partial charge < -0.3 is 4.42 Å². The van der Waals surface area contributed by atoms with Crippen molar-refractivity contribution in [2.45, 2.75) is 0 Å². The van der Waals surface area contributed by atoms with Gasteiger partial charge in [0.1, 0.15) is 5.76 Å². The van der Waals surface area contributed by atoms with Crippen LogP contribution < -0.4 is 0 Å². The lowest BCUT2D eigenvalue weighted by Crippen LogP contribution is -1.84. The van der Waals surface area contributed by atoms with Crippen molar-refractivity contribution in [3.63, 3.8) is 0 Å². The summed E-state index contributed by atoms with van der Waals surface area (Å²) in [6.07, 6.45) is 0.763. The minimum atomic E-state index is -0.401. The maximum Gasteiger partial charge on any atom is 0.170 e. The smallest absolute Gasteiger partial charge is 0.170 e. The second-order valence-electron chi connectivity index (χ2n) is 3.97. The van der Waals surface area contributed by atoms with Gasteiger partial charge in [0.05, 0.1) is 0 Å². The van der Waals surface area contributed by atoms with E-state index in [2.05, 4.69) is 0 Å². The SMILES string of the molecule is O=Cc1ccccc1-c1cc2cccc(F)c2o1. The summed E-state index contributed by atoms with van der Waals surface area (Å²) in [6.45, 7) is 0. The van der Waals surface area contributed by atoms with Gasteiger partial charge in [-0.2, -0.15) is 0 Å². The van der Waals surface area contributed by atoms with Gasteiger partial charge in [-0.15, -0.1) is 0 Å². The lowest BCUT2D eigenvalue weighted by Gasteiger charge is -1.99. The molecule has 0 saturated heterocycles. The predicted molar refractivity (Wildman–Crippen MR) is 67.0 cm³/mol. The van der Waals surface area contributed by atoms with E-state index in [1.54, 1.807) is 36.4 Å². The molecule has 88 valence electrons. The molecular formula is C15H9FO2. The number of carbonyl (C=O) groups excluding carboxylic acids is 1. The summed E-state index contributed by atoms with van der Waals surface area (Å²) in [5.41, 5.74) is 1.41. The summed E-state index contributed by atoms with van der Waals surface area (Å²) in [6, 6.07) is 13.5. The van der Waals surface area contributed by atoms with Crippen molar-refractivity contribution in [1.29, 1.82) is 0 Å². The molecule has 0 radical (unpaired) electrons. The molecule has 3 heteroatoms. The van der Waals surface area contributed by atoms with Gasteiger partial charge in [-0.1, -0.05) is 36.4 Å². The Morgan fingerprint density at radius 3 is 2.67 bits per heavy atom. The van der Waals surface area contributed by atoms with Crippen molar-refractivity contribution in [3.8, 4) is 11.3 Å². The Labute approximate surface area is 103 Å². The maximum atomic E-state index is 13.5. The first-order chi connectivity index (χ1) is 8.79. The molecule has 2 nitrogen and oxygen atoms in total. The highest BCUT2D eigenvalue weighted by Crippen LogP contribution is 2.30. The molecule has 3 rings (SSSR count). The van der Waals surface area contributed by atoms with Crippen LogP contribution in [0.5, 0.6) is 0 Å². The van der Waals surface area contributed by atoms with Crippen LogP contribution in [-0.4, -0.2) is 6.29 Å². The van der Waals surface area contributed by atoms with Crippen molar-refractivity contribution in [1.82, 2.24) is 0 Å². The van der Waals surface area contributed by atoms with E-state index in [1.165, 1.54) is 6.07 Å². The van der Waals surface area contributed by atoms with Crippen molar-refractivity contribution in [3.05, 3.63) is 59.9 Å². The zero-order valence-electron chi connectivity index (χ0n) is 9.39. The Hall–Kier alpha value is -2.42. The van der Waals surface area contributed by atoms with Crippen LogP contribution in [0.25, 0.3) is 22.3 Å². The molecule has 0 spiro atoms.